The third-order valence-corrected chi connectivity index (χ3v) is 0.254. The molecule has 0 fully saturated rings. The van der Waals surface area contributed by atoms with Gasteiger partial charge in [-0.05, 0) is 0 Å². The van der Waals surface area contributed by atoms with E-state index in [9.17, 15) is 0 Å². The number of halogens is 1. The van der Waals surface area contributed by atoms with Crippen molar-refractivity contribution in [2.24, 2.45) is 0 Å². The van der Waals surface area contributed by atoms with E-state index in [1.807, 2.05) is 0 Å². The van der Waals surface area contributed by atoms with Gasteiger partial charge in [-0.15, -0.1) is 11.6 Å². The molecule has 4 heteroatoms. The van der Waals surface area contributed by atoms with Crippen LogP contribution in [0.3, 0.4) is 0 Å². The van der Waals surface area contributed by atoms with E-state index < -0.39 is 0 Å². The van der Waals surface area contributed by atoms with Gasteiger partial charge in [-0.25, -0.2) is 0 Å². The maximum atomic E-state index is 7.74. The first kappa shape index (κ1) is 15.6. The quantitative estimate of drug-likeness (QED) is 0.625. The standard InChI is InChI=1S/C2H5ClO.Gd.H2O/c3-1-2-4;;/h4H,1-2H2;;1H2. The van der Waals surface area contributed by atoms with E-state index in [0.717, 1.165) is 0 Å². The van der Waals surface area contributed by atoms with Gasteiger partial charge in [-0.3, -0.25) is 0 Å². The summed E-state index contributed by atoms with van der Waals surface area (Å²) in [6.45, 7) is 0.0849. The van der Waals surface area contributed by atoms with Crippen molar-refractivity contribution in [1.29, 1.82) is 0 Å². The molecule has 3 N–H and O–H groups in total. The SMILES string of the molecule is O.OCCCl.[Gd]. The molecule has 6 heavy (non-hydrogen) atoms. The molecule has 42 valence electrons. The van der Waals surface area contributed by atoms with Crippen molar-refractivity contribution in [3.05, 3.63) is 0 Å². The Balaban J connectivity index is -0.0000000450. The molecule has 0 aliphatic carbocycles. The second-order valence-corrected chi connectivity index (χ2v) is 0.791. The van der Waals surface area contributed by atoms with E-state index in [0.29, 0.717) is 5.88 Å². The summed E-state index contributed by atoms with van der Waals surface area (Å²) in [5.74, 6) is 0.347. The van der Waals surface area contributed by atoms with Crippen molar-refractivity contribution in [2.45, 2.75) is 0 Å². The van der Waals surface area contributed by atoms with Crippen LogP contribution in [0.25, 0.3) is 0 Å². The molecule has 0 radical (unpaired) electrons. The van der Waals surface area contributed by atoms with Gasteiger partial charge in [-0.2, -0.15) is 0 Å². The number of aliphatic hydroxyl groups excluding tert-OH is 1. The largest absolute Gasteiger partial charge is 0.412 e. The number of rotatable bonds is 1. The summed E-state index contributed by atoms with van der Waals surface area (Å²) in [6, 6.07) is 0. The van der Waals surface area contributed by atoms with E-state index in [1.165, 1.54) is 0 Å². The molecule has 0 heterocycles. The van der Waals surface area contributed by atoms with Gasteiger partial charge in [0.1, 0.15) is 0 Å². The Kier molecular flexibility index (Phi) is 41.8. The minimum atomic E-state index is 0. The third-order valence-electron chi connectivity index (χ3n) is 0.0845. The molecular weight excluding hydrogens is 249 g/mol. The molecule has 0 aliphatic rings. The molecule has 0 aromatic heterocycles. The van der Waals surface area contributed by atoms with Gasteiger partial charge in [-0.1, -0.05) is 0 Å². The van der Waals surface area contributed by atoms with E-state index in [4.69, 9.17) is 16.7 Å². The van der Waals surface area contributed by atoms with Crippen LogP contribution in [0, 0.1) is 39.9 Å². The van der Waals surface area contributed by atoms with E-state index in [1.54, 1.807) is 0 Å². The van der Waals surface area contributed by atoms with Gasteiger partial charge < -0.3 is 10.6 Å². The van der Waals surface area contributed by atoms with Crippen LogP contribution in [-0.4, -0.2) is 23.1 Å². The van der Waals surface area contributed by atoms with Gasteiger partial charge in [0.15, 0.2) is 0 Å². The Bertz CT molecular complexity index is 13.5. The van der Waals surface area contributed by atoms with Gasteiger partial charge in [0.25, 0.3) is 0 Å². The Hall–Kier alpha value is 1.53. The molecule has 0 amide bonds. The Morgan fingerprint density at radius 2 is 1.67 bits per heavy atom. The summed E-state index contributed by atoms with van der Waals surface area (Å²) in [5.41, 5.74) is 0. The topological polar surface area (TPSA) is 51.7 Å². The smallest absolute Gasteiger partial charge is 0.0566 e. The second-order valence-electron chi connectivity index (χ2n) is 0.413. The van der Waals surface area contributed by atoms with Crippen LogP contribution in [-0.2, 0) is 0 Å². The van der Waals surface area contributed by atoms with Crippen LogP contribution in [0.4, 0.5) is 0 Å². The molecule has 0 spiro atoms. The Morgan fingerprint density at radius 1 is 1.50 bits per heavy atom. The molecule has 0 rings (SSSR count). The first-order chi connectivity index (χ1) is 1.91. The average molecular weight is 256 g/mol. The minimum absolute atomic E-state index is 0. The van der Waals surface area contributed by atoms with Gasteiger partial charge in [0, 0.05) is 45.8 Å². The predicted octanol–water partition coefficient (Wildman–Crippen LogP) is -0.607. The van der Waals surface area contributed by atoms with Crippen LogP contribution in [0.1, 0.15) is 0 Å². The summed E-state index contributed by atoms with van der Waals surface area (Å²) in [4.78, 5) is 0. The maximum Gasteiger partial charge on any atom is 0.0566 e. The van der Waals surface area contributed by atoms with Crippen molar-refractivity contribution >= 4 is 11.6 Å². The van der Waals surface area contributed by atoms with Crippen molar-refractivity contribution in [3.8, 4) is 0 Å². The van der Waals surface area contributed by atoms with Crippen LogP contribution in [0.15, 0.2) is 0 Å². The second kappa shape index (κ2) is 16.0. The summed E-state index contributed by atoms with van der Waals surface area (Å²) < 4.78 is 0. The molecule has 0 saturated heterocycles. The number of hydrogen-bond acceptors (Lipinski definition) is 1. The maximum absolute atomic E-state index is 7.74. The summed E-state index contributed by atoms with van der Waals surface area (Å²) in [7, 11) is 0. The first-order valence-electron chi connectivity index (χ1n) is 1.08. The molecule has 0 atom stereocenters. The Morgan fingerprint density at radius 3 is 1.67 bits per heavy atom. The molecular formula is C2H7ClGdO2. The van der Waals surface area contributed by atoms with E-state index in [-0.39, 0.29) is 52.0 Å². The van der Waals surface area contributed by atoms with Crippen LogP contribution < -0.4 is 0 Å². The summed E-state index contributed by atoms with van der Waals surface area (Å²) >= 11 is 4.94. The molecule has 0 aliphatic heterocycles. The van der Waals surface area contributed by atoms with Crippen LogP contribution in [0.5, 0.6) is 0 Å². The van der Waals surface area contributed by atoms with Crippen LogP contribution in [0.2, 0.25) is 0 Å². The Labute approximate surface area is 73.9 Å². The molecule has 2 nitrogen and oxygen atoms in total. The molecule has 0 saturated carbocycles. The predicted molar refractivity (Wildman–Crippen MR) is 21.4 cm³/mol. The number of hydrogen-bond donors (Lipinski definition) is 1. The zero-order valence-electron chi connectivity index (χ0n) is 3.09. The van der Waals surface area contributed by atoms with E-state index in [2.05, 4.69) is 0 Å². The van der Waals surface area contributed by atoms with Crippen molar-refractivity contribution in [1.82, 2.24) is 0 Å². The first-order valence-corrected chi connectivity index (χ1v) is 1.62. The van der Waals surface area contributed by atoms with Gasteiger partial charge in [0.05, 0.1) is 6.61 Å². The molecule has 0 aromatic carbocycles. The van der Waals surface area contributed by atoms with Crippen molar-refractivity contribution in [3.63, 3.8) is 0 Å². The zero-order chi connectivity index (χ0) is 3.41. The fraction of sp³-hybridized carbons (Fsp3) is 1.00. The van der Waals surface area contributed by atoms with Crippen LogP contribution >= 0.6 is 11.6 Å². The monoisotopic (exact) mass is 256 g/mol. The van der Waals surface area contributed by atoms with Crippen molar-refractivity contribution < 1.29 is 50.5 Å². The van der Waals surface area contributed by atoms with E-state index >= 15 is 0 Å². The fourth-order valence-electron chi connectivity index (χ4n) is 0. The average Bonchev–Trinajstić information content (AvgIpc) is 1.37. The normalized spacial score (nSPS) is 5.00. The number of aliphatic hydroxyl groups is 1. The zero-order valence-corrected chi connectivity index (χ0v) is 6.12. The minimum Gasteiger partial charge on any atom is -0.412 e. The fourth-order valence-corrected chi connectivity index (χ4v) is 0. The third kappa shape index (κ3) is 17.7. The summed E-state index contributed by atoms with van der Waals surface area (Å²) in [5, 5.41) is 7.74. The number of alkyl halides is 1. The van der Waals surface area contributed by atoms with Crippen molar-refractivity contribution in [2.75, 3.05) is 12.5 Å². The molecule has 0 unspecified atom stereocenters. The summed E-state index contributed by atoms with van der Waals surface area (Å²) in [6.07, 6.45) is 0. The van der Waals surface area contributed by atoms with Gasteiger partial charge in [0.2, 0.25) is 0 Å². The molecule has 0 aromatic rings. The van der Waals surface area contributed by atoms with Gasteiger partial charge >= 0.3 is 0 Å². The molecule has 0 bridgehead atoms.